The Morgan fingerprint density at radius 1 is 0.737 bits per heavy atom. The normalized spacial score (nSPS) is 12.7. The second kappa shape index (κ2) is 16.2. The average molecular weight is 290 g/mol. The van der Waals surface area contributed by atoms with E-state index < -0.39 is 10.8 Å². The van der Waals surface area contributed by atoms with Gasteiger partial charge in [0.1, 0.15) is 0 Å². The lowest BCUT2D eigenvalue weighted by Crippen LogP contribution is -2.18. The molecule has 1 N–H and O–H groups in total. The summed E-state index contributed by atoms with van der Waals surface area (Å²) in [4.78, 5) is 0. The Morgan fingerprint density at radius 3 is 1.74 bits per heavy atom. The Balaban J connectivity index is 2.93. The Kier molecular flexibility index (Phi) is 16.3. The second-order valence-electron chi connectivity index (χ2n) is 5.56. The van der Waals surface area contributed by atoms with E-state index in [1.165, 1.54) is 64.2 Å². The zero-order chi connectivity index (χ0) is 14.2. The van der Waals surface area contributed by atoms with Crippen LogP contribution in [0.4, 0.5) is 0 Å². The molecule has 0 aromatic heterocycles. The Morgan fingerprint density at radius 2 is 1.21 bits per heavy atom. The van der Waals surface area contributed by atoms with Crippen LogP contribution >= 0.6 is 0 Å². The van der Waals surface area contributed by atoms with E-state index in [0.717, 1.165) is 25.3 Å². The van der Waals surface area contributed by atoms with E-state index in [1.54, 1.807) is 6.26 Å². The number of unbranched alkanes of at least 4 members (excludes halogenated alkanes) is 9. The molecule has 0 spiro atoms. The first-order valence-electron chi connectivity index (χ1n) is 8.28. The maximum absolute atomic E-state index is 10.8. The van der Waals surface area contributed by atoms with Crippen molar-refractivity contribution in [2.75, 3.05) is 25.1 Å². The Hall–Kier alpha value is 0.110. The summed E-state index contributed by atoms with van der Waals surface area (Å²) in [5.74, 6) is 0.838. The third kappa shape index (κ3) is 18.1. The van der Waals surface area contributed by atoms with Crippen LogP contribution in [-0.4, -0.2) is 29.3 Å². The molecular formula is C16H35NOS. The SMILES string of the molecule is CCCCCCCCCCCCNCCCS(C)=O. The van der Waals surface area contributed by atoms with Crippen LogP contribution in [0.5, 0.6) is 0 Å². The van der Waals surface area contributed by atoms with Crippen LogP contribution in [0.1, 0.15) is 77.6 Å². The summed E-state index contributed by atoms with van der Waals surface area (Å²) in [6.45, 7) is 4.43. The molecule has 0 aliphatic heterocycles. The topological polar surface area (TPSA) is 29.1 Å². The number of hydrogen-bond acceptors (Lipinski definition) is 2. The minimum absolute atomic E-state index is 0.622. The van der Waals surface area contributed by atoms with Gasteiger partial charge in [-0.2, -0.15) is 0 Å². The highest BCUT2D eigenvalue weighted by Crippen LogP contribution is 2.10. The number of hydrogen-bond donors (Lipinski definition) is 1. The molecule has 0 fully saturated rings. The van der Waals surface area contributed by atoms with Gasteiger partial charge in [-0.1, -0.05) is 64.7 Å². The number of nitrogens with one attached hydrogen (secondary N) is 1. The quantitative estimate of drug-likeness (QED) is 0.456. The molecule has 1 atom stereocenters. The van der Waals surface area contributed by atoms with Gasteiger partial charge < -0.3 is 5.32 Å². The first-order chi connectivity index (χ1) is 9.27. The van der Waals surface area contributed by atoms with Gasteiger partial charge in [0.05, 0.1) is 0 Å². The van der Waals surface area contributed by atoms with Crippen molar-refractivity contribution in [2.24, 2.45) is 0 Å². The first kappa shape index (κ1) is 19.1. The standard InChI is InChI=1S/C16H35NOS/c1-3-4-5-6-7-8-9-10-11-12-14-17-15-13-16-19(2)18/h17H,3-16H2,1-2H3. The zero-order valence-corrected chi connectivity index (χ0v) is 14.0. The van der Waals surface area contributed by atoms with E-state index in [9.17, 15) is 4.21 Å². The molecule has 2 nitrogen and oxygen atoms in total. The van der Waals surface area contributed by atoms with Gasteiger partial charge in [0.25, 0.3) is 0 Å². The largest absolute Gasteiger partial charge is 0.317 e. The molecule has 1 unspecified atom stereocenters. The van der Waals surface area contributed by atoms with Gasteiger partial charge in [-0.25, -0.2) is 0 Å². The summed E-state index contributed by atoms with van der Waals surface area (Å²) >= 11 is 0. The van der Waals surface area contributed by atoms with Gasteiger partial charge in [0.2, 0.25) is 0 Å². The highest BCUT2D eigenvalue weighted by molar-refractivity contribution is 7.84. The van der Waals surface area contributed by atoms with Crippen molar-refractivity contribution >= 4 is 10.8 Å². The fourth-order valence-electron chi connectivity index (χ4n) is 2.26. The Bertz CT molecular complexity index is 197. The van der Waals surface area contributed by atoms with Crippen LogP contribution in [0, 0.1) is 0 Å². The van der Waals surface area contributed by atoms with Crippen molar-refractivity contribution in [1.82, 2.24) is 5.32 Å². The predicted octanol–water partition coefficient (Wildman–Crippen LogP) is 4.27. The number of rotatable bonds is 15. The predicted molar refractivity (Wildman–Crippen MR) is 88.3 cm³/mol. The van der Waals surface area contributed by atoms with Crippen LogP contribution in [-0.2, 0) is 10.8 Å². The van der Waals surface area contributed by atoms with E-state index in [1.807, 2.05) is 0 Å². The van der Waals surface area contributed by atoms with Gasteiger partial charge in [-0.15, -0.1) is 0 Å². The van der Waals surface area contributed by atoms with E-state index in [0.29, 0.717) is 0 Å². The molecule has 0 radical (unpaired) electrons. The molecule has 0 heterocycles. The molecule has 0 saturated carbocycles. The van der Waals surface area contributed by atoms with Crippen molar-refractivity contribution < 1.29 is 4.21 Å². The molecule has 0 rings (SSSR count). The fourth-order valence-corrected chi connectivity index (χ4v) is 2.81. The lowest BCUT2D eigenvalue weighted by molar-refractivity contribution is 0.543. The monoisotopic (exact) mass is 289 g/mol. The van der Waals surface area contributed by atoms with Crippen LogP contribution in [0.3, 0.4) is 0 Å². The van der Waals surface area contributed by atoms with Crippen molar-refractivity contribution in [3.8, 4) is 0 Å². The lowest BCUT2D eigenvalue weighted by Gasteiger charge is -2.04. The lowest BCUT2D eigenvalue weighted by atomic mass is 10.1. The first-order valence-corrected chi connectivity index (χ1v) is 10.0. The smallest absolute Gasteiger partial charge is 0.0244 e. The van der Waals surface area contributed by atoms with Crippen LogP contribution < -0.4 is 5.32 Å². The van der Waals surface area contributed by atoms with E-state index in [-0.39, 0.29) is 0 Å². The van der Waals surface area contributed by atoms with Crippen molar-refractivity contribution in [1.29, 1.82) is 0 Å². The summed E-state index contributed by atoms with van der Waals surface area (Å²) in [6.07, 6.45) is 16.8. The van der Waals surface area contributed by atoms with Crippen molar-refractivity contribution in [3.05, 3.63) is 0 Å². The van der Waals surface area contributed by atoms with E-state index in [4.69, 9.17) is 0 Å². The molecule has 0 aliphatic carbocycles. The molecule has 0 amide bonds. The molecule has 0 aliphatic rings. The van der Waals surface area contributed by atoms with Gasteiger partial charge in [0.15, 0.2) is 0 Å². The maximum atomic E-state index is 10.8. The average Bonchev–Trinajstić information content (AvgIpc) is 2.39. The fraction of sp³-hybridized carbons (Fsp3) is 1.00. The third-order valence-corrected chi connectivity index (χ3v) is 4.36. The minimum atomic E-state index is -0.622. The van der Waals surface area contributed by atoms with Gasteiger partial charge in [0, 0.05) is 22.8 Å². The summed E-state index contributed by atoms with van der Waals surface area (Å²) < 4.78 is 10.8. The molecule has 0 aromatic carbocycles. The summed E-state index contributed by atoms with van der Waals surface area (Å²) in [6, 6.07) is 0. The molecule has 19 heavy (non-hydrogen) atoms. The molecule has 0 aromatic rings. The Labute approximate surface area is 123 Å². The molecule has 3 heteroatoms. The maximum Gasteiger partial charge on any atom is 0.0244 e. The molecule has 0 saturated heterocycles. The highest BCUT2D eigenvalue weighted by atomic mass is 32.2. The molecular weight excluding hydrogens is 254 g/mol. The summed E-state index contributed by atoms with van der Waals surface area (Å²) in [7, 11) is -0.622. The van der Waals surface area contributed by atoms with Gasteiger partial charge in [-0.05, 0) is 25.9 Å². The van der Waals surface area contributed by atoms with E-state index >= 15 is 0 Å². The highest BCUT2D eigenvalue weighted by Gasteiger charge is 1.94. The molecule has 116 valence electrons. The molecule has 0 bridgehead atoms. The minimum Gasteiger partial charge on any atom is -0.317 e. The van der Waals surface area contributed by atoms with Crippen LogP contribution in [0.2, 0.25) is 0 Å². The van der Waals surface area contributed by atoms with Crippen molar-refractivity contribution in [2.45, 2.75) is 77.6 Å². The summed E-state index contributed by atoms with van der Waals surface area (Å²) in [5.41, 5.74) is 0. The summed E-state index contributed by atoms with van der Waals surface area (Å²) in [5, 5.41) is 3.43. The third-order valence-electron chi connectivity index (χ3n) is 3.49. The second-order valence-corrected chi connectivity index (χ2v) is 7.12. The van der Waals surface area contributed by atoms with E-state index in [2.05, 4.69) is 12.2 Å². The van der Waals surface area contributed by atoms with Crippen molar-refractivity contribution in [3.63, 3.8) is 0 Å². The van der Waals surface area contributed by atoms with Crippen LogP contribution in [0.15, 0.2) is 0 Å². The van der Waals surface area contributed by atoms with Gasteiger partial charge >= 0.3 is 0 Å². The van der Waals surface area contributed by atoms with Gasteiger partial charge in [-0.3, -0.25) is 4.21 Å². The van der Waals surface area contributed by atoms with Crippen LogP contribution in [0.25, 0.3) is 0 Å². The zero-order valence-electron chi connectivity index (χ0n) is 13.2.